The van der Waals surface area contributed by atoms with Gasteiger partial charge >= 0.3 is 0 Å². The third kappa shape index (κ3) is 5.45. The third-order valence-electron chi connectivity index (χ3n) is 2.73. The lowest BCUT2D eigenvalue weighted by atomic mass is 10.0. The first-order valence-electron chi connectivity index (χ1n) is 6.11. The van der Waals surface area contributed by atoms with Gasteiger partial charge in [-0.3, -0.25) is 4.79 Å². The van der Waals surface area contributed by atoms with E-state index in [9.17, 15) is 9.90 Å². The van der Waals surface area contributed by atoms with E-state index >= 15 is 0 Å². The molecule has 1 rings (SSSR count). The molecule has 0 radical (unpaired) electrons. The van der Waals surface area contributed by atoms with Crippen LogP contribution < -0.4 is 0 Å². The number of hydrogen-bond acceptors (Lipinski definition) is 2. The number of ketones is 1. The molecule has 92 valence electrons. The van der Waals surface area contributed by atoms with Crippen molar-refractivity contribution in [2.45, 2.75) is 38.2 Å². The lowest BCUT2D eigenvalue weighted by molar-refractivity contribution is 0.0975. The Bertz CT molecular complexity index is 343. The summed E-state index contributed by atoms with van der Waals surface area (Å²) in [5.74, 6) is 0.184. The van der Waals surface area contributed by atoms with Crippen LogP contribution in [0.15, 0.2) is 43.0 Å². The second-order valence-electron chi connectivity index (χ2n) is 4.21. The molecule has 1 atom stereocenters. The molecule has 17 heavy (non-hydrogen) atoms. The van der Waals surface area contributed by atoms with Gasteiger partial charge in [0.2, 0.25) is 0 Å². The molecule has 2 nitrogen and oxygen atoms in total. The predicted molar refractivity (Wildman–Crippen MR) is 70.1 cm³/mol. The molecular weight excluding hydrogens is 212 g/mol. The van der Waals surface area contributed by atoms with Gasteiger partial charge in [-0.1, -0.05) is 42.8 Å². The topological polar surface area (TPSA) is 37.3 Å². The van der Waals surface area contributed by atoms with Gasteiger partial charge in [-0.15, -0.1) is 6.58 Å². The first-order valence-corrected chi connectivity index (χ1v) is 6.11. The van der Waals surface area contributed by atoms with Crippen molar-refractivity contribution in [2.75, 3.05) is 0 Å². The summed E-state index contributed by atoms with van der Waals surface area (Å²) in [6, 6.07) is 9.34. The second-order valence-corrected chi connectivity index (χ2v) is 4.21. The Balaban J connectivity index is 2.19. The minimum absolute atomic E-state index is 0.184. The number of benzene rings is 1. The smallest absolute Gasteiger partial charge is 0.162 e. The van der Waals surface area contributed by atoms with Crippen LogP contribution in [-0.4, -0.2) is 17.0 Å². The van der Waals surface area contributed by atoms with Gasteiger partial charge in [0.15, 0.2) is 5.78 Å². The molecule has 0 aliphatic carbocycles. The molecule has 1 N–H and O–H groups in total. The predicted octanol–water partition coefficient (Wildman–Crippen LogP) is 3.37. The fraction of sp³-hybridized carbons (Fsp3) is 0.400. The number of aliphatic hydroxyl groups is 1. The molecule has 1 unspecified atom stereocenters. The maximum absolute atomic E-state index is 11.7. The third-order valence-corrected chi connectivity index (χ3v) is 2.73. The molecule has 0 bridgehead atoms. The molecule has 1 aromatic carbocycles. The maximum atomic E-state index is 11.7. The molecule has 0 fully saturated rings. The zero-order chi connectivity index (χ0) is 12.5. The van der Waals surface area contributed by atoms with E-state index < -0.39 is 0 Å². The van der Waals surface area contributed by atoms with Crippen LogP contribution in [-0.2, 0) is 0 Å². The van der Waals surface area contributed by atoms with Gasteiger partial charge < -0.3 is 5.11 Å². The van der Waals surface area contributed by atoms with Crippen molar-refractivity contribution in [3.05, 3.63) is 48.6 Å². The number of aliphatic hydroxyl groups excluding tert-OH is 1. The SMILES string of the molecule is C=CCC(O)CCCCC(=O)c1ccccc1. The van der Waals surface area contributed by atoms with Crippen LogP contribution in [0.4, 0.5) is 0 Å². The number of Topliss-reactive ketones (excluding diaryl/α,β-unsaturated/α-hetero) is 1. The average Bonchev–Trinajstić information content (AvgIpc) is 2.36. The Morgan fingerprint density at radius 1 is 1.29 bits per heavy atom. The molecule has 0 aliphatic heterocycles. The summed E-state index contributed by atoms with van der Waals surface area (Å²) < 4.78 is 0. The molecule has 2 heteroatoms. The minimum Gasteiger partial charge on any atom is -0.393 e. The van der Waals surface area contributed by atoms with Crippen molar-refractivity contribution in [1.29, 1.82) is 0 Å². The van der Waals surface area contributed by atoms with Gasteiger partial charge in [-0.05, 0) is 19.3 Å². The van der Waals surface area contributed by atoms with Crippen molar-refractivity contribution < 1.29 is 9.90 Å². The summed E-state index contributed by atoms with van der Waals surface area (Å²) in [6.07, 6.45) is 5.07. The van der Waals surface area contributed by atoms with Crippen LogP contribution in [0.3, 0.4) is 0 Å². The van der Waals surface area contributed by atoms with Crippen molar-refractivity contribution in [2.24, 2.45) is 0 Å². The number of rotatable bonds is 8. The largest absolute Gasteiger partial charge is 0.393 e. The first kappa shape index (κ1) is 13.7. The molecule has 0 aromatic heterocycles. The van der Waals surface area contributed by atoms with Crippen molar-refractivity contribution in [3.8, 4) is 0 Å². The summed E-state index contributed by atoms with van der Waals surface area (Å²) in [5, 5.41) is 9.48. The highest BCUT2D eigenvalue weighted by molar-refractivity contribution is 5.95. The Hall–Kier alpha value is -1.41. The van der Waals surface area contributed by atoms with Gasteiger partial charge in [-0.2, -0.15) is 0 Å². The monoisotopic (exact) mass is 232 g/mol. The van der Waals surface area contributed by atoms with E-state index in [-0.39, 0.29) is 11.9 Å². The summed E-state index contributed by atoms with van der Waals surface area (Å²) in [4.78, 5) is 11.7. The summed E-state index contributed by atoms with van der Waals surface area (Å²) in [5.41, 5.74) is 0.777. The summed E-state index contributed by atoms with van der Waals surface area (Å²) in [6.45, 7) is 3.58. The van der Waals surface area contributed by atoms with Gasteiger partial charge in [0.25, 0.3) is 0 Å². The highest BCUT2D eigenvalue weighted by Gasteiger charge is 2.06. The molecular formula is C15H20O2. The van der Waals surface area contributed by atoms with Gasteiger partial charge in [0.05, 0.1) is 6.10 Å². The van der Waals surface area contributed by atoms with E-state index in [0.717, 1.165) is 24.8 Å². The minimum atomic E-state index is -0.306. The Kier molecular flexibility index (Phi) is 6.26. The molecule has 0 saturated heterocycles. The van der Waals surface area contributed by atoms with Crippen molar-refractivity contribution >= 4 is 5.78 Å². The normalized spacial score (nSPS) is 12.1. The molecule has 0 saturated carbocycles. The number of carbonyl (C=O) groups excluding carboxylic acids is 1. The standard InChI is InChI=1S/C15H20O2/c1-2-8-14(16)11-6-7-12-15(17)13-9-4-3-5-10-13/h2-5,9-10,14,16H,1,6-8,11-12H2. The summed E-state index contributed by atoms with van der Waals surface area (Å²) >= 11 is 0. The Morgan fingerprint density at radius 2 is 2.00 bits per heavy atom. The molecule has 0 spiro atoms. The van der Waals surface area contributed by atoms with E-state index in [2.05, 4.69) is 6.58 Å². The van der Waals surface area contributed by atoms with E-state index in [1.165, 1.54) is 0 Å². The van der Waals surface area contributed by atoms with E-state index in [1.807, 2.05) is 30.3 Å². The molecule has 0 amide bonds. The van der Waals surface area contributed by atoms with Crippen LogP contribution in [0.2, 0.25) is 0 Å². The van der Waals surface area contributed by atoms with E-state index in [4.69, 9.17) is 0 Å². The van der Waals surface area contributed by atoms with E-state index in [0.29, 0.717) is 12.8 Å². The first-order chi connectivity index (χ1) is 8.24. The average molecular weight is 232 g/mol. The zero-order valence-electron chi connectivity index (χ0n) is 10.1. The van der Waals surface area contributed by atoms with Crippen molar-refractivity contribution in [1.82, 2.24) is 0 Å². The van der Waals surface area contributed by atoms with Crippen LogP contribution in [0.25, 0.3) is 0 Å². The maximum Gasteiger partial charge on any atom is 0.162 e. The number of carbonyl (C=O) groups is 1. The fourth-order valence-corrected chi connectivity index (χ4v) is 1.74. The zero-order valence-corrected chi connectivity index (χ0v) is 10.1. The van der Waals surface area contributed by atoms with Crippen LogP contribution in [0.5, 0.6) is 0 Å². The van der Waals surface area contributed by atoms with Crippen LogP contribution >= 0.6 is 0 Å². The Labute approximate surface area is 103 Å². The van der Waals surface area contributed by atoms with Crippen molar-refractivity contribution in [3.63, 3.8) is 0 Å². The lowest BCUT2D eigenvalue weighted by Crippen LogP contribution is -2.05. The molecule has 0 heterocycles. The quantitative estimate of drug-likeness (QED) is 0.424. The summed E-state index contributed by atoms with van der Waals surface area (Å²) in [7, 11) is 0. The van der Waals surface area contributed by atoms with Crippen LogP contribution in [0, 0.1) is 0 Å². The van der Waals surface area contributed by atoms with E-state index in [1.54, 1.807) is 6.08 Å². The second kappa shape index (κ2) is 7.80. The van der Waals surface area contributed by atoms with Gasteiger partial charge in [0, 0.05) is 12.0 Å². The highest BCUT2D eigenvalue weighted by atomic mass is 16.3. The highest BCUT2D eigenvalue weighted by Crippen LogP contribution is 2.10. The molecule has 1 aromatic rings. The molecule has 0 aliphatic rings. The Morgan fingerprint density at radius 3 is 2.65 bits per heavy atom. The number of hydrogen-bond donors (Lipinski definition) is 1. The van der Waals surface area contributed by atoms with Crippen LogP contribution in [0.1, 0.15) is 42.5 Å². The lowest BCUT2D eigenvalue weighted by Gasteiger charge is -2.06. The number of unbranched alkanes of at least 4 members (excludes halogenated alkanes) is 1. The van der Waals surface area contributed by atoms with Gasteiger partial charge in [0.1, 0.15) is 0 Å². The van der Waals surface area contributed by atoms with Gasteiger partial charge in [-0.25, -0.2) is 0 Å². The fourth-order valence-electron chi connectivity index (χ4n) is 1.74.